The molecule has 2 fully saturated rings. The van der Waals surface area contributed by atoms with E-state index in [1.165, 1.54) is 7.05 Å². The lowest BCUT2D eigenvalue weighted by Crippen LogP contribution is -2.43. The van der Waals surface area contributed by atoms with Crippen LogP contribution < -0.4 is 5.32 Å². The molecule has 1 N–H and O–H groups in total. The van der Waals surface area contributed by atoms with Crippen molar-refractivity contribution in [2.75, 3.05) is 26.7 Å². The van der Waals surface area contributed by atoms with Gasteiger partial charge in [-0.2, -0.15) is 0 Å². The number of carbonyl (C=O) groups is 3. The second-order valence-electron chi connectivity index (χ2n) is 4.52. The minimum Gasteiger partial charge on any atom is -0.342 e. The molecule has 17 heavy (non-hydrogen) atoms. The van der Waals surface area contributed by atoms with Crippen LogP contribution in [-0.2, 0) is 14.4 Å². The first-order chi connectivity index (χ1) is 8.09. The third-order valence-electron chi connectivity index (χ3n) is 3.34. The van der Waals surface area contributed by atoms with E-state index in [9.17, 15) is 14.4 Å². The van der Waals surface area contributed by atoms with E-state index in [4.69, 9.17) is 0 Å². The number of likely N-dealkylation sites (tertiary alicyclic amines) is 2. The number of nitrogens with zero attached hydrogens (tertiary/aromatic N) is 2. The Morgan fingerprint density at radius 3 is 2.53 bits per heavy atom. The maximum atomic E-state index is 11.7. The van der Waals surface area contributed by atoms with E-state index in [0.29, 0.717) is 0 Å². The molecule has 2 heterocycles. The molecule has 2 aliphatic heterocycles. The average molecular weight is 239 g/mol. The van der Waals surface area contributed by atoms with Crippen LogP contribution in [0.5, 0.6) is 0 Å². The Balaban J connectivity index is 1.80. The van der Waals surface area contributed by atoms with Crippen LogP contribution in [0, 0.1) is 0 Å². The normalized spacial score (nSPS) is 24.9. The number of rotatable bonds is 3. The largest absolute Gasteiger partial charge is 0.342 e. The molecule has 0 radical (unpaired) electrons. The molecule has 6 nitrogen and oxygen atoms in total. The molecule has 0 spiro atoms. The summed E-state index contributed by atoms with van der Waals surface area (Å²) in [5.41, 5.74) is 0. The Hall–Kier alpha value is -1.43. The van der Waals surface area contributed by atoms with Crippen LogP contribution in [0.3, 0.4) is 0 Å². The first kappa shape index (κ1) is 12.0. The number of amides is 3. The summed E-state index contributed by atoms with van der Waals surface area (Å²) in [6.45, 7) is 1.74. The molecule has 0 bridgehead atoms. The molecule has 94 valence electrons. The van der Waals surface area contributed by atoms with Gasteiger partial charge in [0, 0.05) is 20.1 Å². The van der Waals surface area contributed by atoms with E-state index in [1.807, 2.05) is 0 Å². The summed E-state index contributed by atoms with van der Waals surface area (Å²) in [5.74, 6) is -0.428. The summed E-state index contributed by atoms with van der Waals surface area (Å²) in [6, 6.07) is -0.529. The van der Waals surface area contributed by atoms with Gasteiger partial charge >= 0.3 is 0 Å². The van der Waals surface area contributed by atoms with Gasteiger partial charge in [0.2, 0.25) is 17.7 Å². The van der Waals surface area contributed by atoms with Gasteiger partial charge in [-0.3, -0.25) is 24.6 Å². The summed E-state index contributed by atoms with van der Waals surface area (Å²) >= 11 is 0. The van der Waals surface area contributed by atoms with E-state index in [2.05, 4.69) is 5.32 Å². The molecule has 2 saturated heterocycles. The molecule has 2 aliphatic rings. The smallest absolute Gasteiger partial charge is 0.246 e. The predicted molar refractivity (Wildman–Crippen MR) is 60.0 cm³/mol. The van der Waals surface area contributed by atoms with Crippen LogP contribution in [-0.4, -0.2) is 60.2 Å². The Morgan fingerprint density at radius 1 is 1.35 bits per heavy atom. The van der Waals surface area contributed by atoms with Crippen LogP contribution >= 0.6 is 0 Å². The van der Waals surface area contributed by atoms with Crippen LogP contribution in [0.2, 0.25) is 0 Å². The van der Waals surface area contributed by atoms with Crippen LogP contribution in [0.4, 0.5) is 0 Å². The highest BCUT2D eigenvalue weighted by Crippen LogP contribution is 2.11. The fraction of sp³-hybridized carbons (Fsp3) is 0.727. The van der Waals surface area contributed by atoms with Crippen LogP contribution in [0.25, 0.3) is 0 Å². The van der Waals surface area contributed by atoms with Crippen LogP contribution in [0.15, 0.2) is 0 Å². The fourth-order valence-electron chi connectivity index (χ4n) is 2.20. The Labute approximate surface area is 99.9 Å². The molecule has 0 saturated carbocycles. The highest BCUT2D eigenvalue weighted by molar-refractivity contribution is 6.05. The predicted octanol–water partition coefficient (Wildman–Crippen LogP) is -1.04. The number of hydrogen-bond acceptors (Lipinski definition) is 4. The number of carbonyl (C=O) groups excluding carboxylic acids is 3. The Bertz CT molecular complexity index is 350. The minimum absolute atomic E-state index is 0.0114. The third kappa shape index (κ3) is 2.46. The van der Waals surface area contributed by atoms with Gasteiger partial charge < -0.3 is 4.90 Å². The molecule has 0 aromatic rings. The lowest BCUT2D eigenvalue weighted by Gasteiger charge is -2.17. The molecule has 6 heteroatoms. The second-order valence-corrected chi connectivity index (χ2v) is 4.52. The lowest BCUT2D eigenvalue weighted by molar-refractivity contribution is -0.137. The number of likely N-dealkylation sites (N-methyl/N-ethyl adjacent to an activating group) is 1. The summed E-state index contributed by atoms with van der Waals surface area (Å²) in [5, 5.41) is 2.87. The van der Waals surface area contributed by atoms with Crippen molar-refractivity contribution in [2.24, 2.45) is 0 Å². The van der Waals surface area contributed by atoms with E-state index in [-0.39, 0.29) is 30.7 Å². The van der Waals surface area contributed by atoms with Crippen molar-refractivity contribution in [3.8, 4) is 0 Å². The number of hydrogen-bond donors (Lipinski definition) is 1. The Morgan fingerprint density at radius 2 is 2.00 bits per heavy atom. The van der Waals surface area contributed by atoms with Gasteiger partial charge in [-0.05, 0) is 12.8 Å². The molecule has 1 atom stereocenters. The highest BCUT2D eigenvalue weighted by Gasteiger charge is 2.36. The lowest BCUT2D eigenvalue weighted by atomic mass is 10.2. The molecular formula is C11H17N3O3. The van der Waals surface area contributed by atoms with Gasteiger partial charge in [0.05, 0.1) is 19.0 Å². The van der Waals surface area contributed by atoms with Gasteiger partial charge in [-0.25, -0.2) is 0 Å². The van der Waals surface area contributed by atoms with Gasteiger partial charge in [-0.15, -0.1) is 0 Å². The fourth-order valence-corrected chi connectivity index (χ4v) is 2.20. The van der Waals surface area contributed by atoms with Gasteiger partial charge in [0.1, 0.15) is 0 Å². The third-order valence-corrected chi connectivity index (χ3v) is 3.34. The quantitative estimate of drug-likeness (QED) is 0.638. The van der Waals surface area contributed by atoms with E-state index in [0.717, 1.165) is 30.8 Å². The number of nitrogens with one attached hydrogen (secondary N) is 1. The zero-order valence-electron chi connectivity index (χ0n) is 9.94. The zero-order valence-corrected chi connectivity index (χ0v) is 9.94. The van der Waals surface area contributed by atoms with Gasteiger partial charge in [0.15, 0.2) is 0 Å². The molecule has 0 aromatic carbocycles. The van der Waals surface area contributed by atoms with Gasteiger partial charge in [0.25, 0.3) is 0 Å². The molecule has 1 unspecified atom stereocenters. The van der Waals surface area contributed by atoms with Crippen molar-refractivity contribution in [1.29, 1.82) is 0 Å². The summed E-state index contributed by atoms with van der Waals surface area (Å²) in [6.07, 6.45) is 2.26. The van der Waals surface area contributed by atoms with E-state index < -0.39 is 6.04 Å². The monoisotopic (exact) mass is 239 g/mol. The highest BCUT2D eigenvalue weighted by atomic mass is 16.2. The van der Waals surface area contributed by atoms with Crippen molar-refractivity contribution < 1.29 is 14.4 Å². The molecule has 2 rings (SSSR count). The van der Waals surface area contributed by atoms with Crippen molar-refractivity contribution >= 4 is 17.7 Å². The topological polar surface area (TPSA) is 69.7 Å². The molecular weight excluding hydrogens is 222 g/mol. The number of imide groups is 1. The SMILES string of the molecule is CN1C(=O)CC(NCC(=O)N2CCCC2)C1=O. The van der Waals surface area contributed by atoms with E-state index >= 15 is 0 Å². The molecule has 3 amide bonds. The summed E-state index contributed by atoms with van der Waals surface area (Å²) in [4.78, 5) is 37.5. The van der Waals surface area contributed by atoms with Crippen molar-refractivity contribution in [2.45, 2.75) is 25.3 Å². The maximum absolute atomic E-state index is 11.7. The summed E-state index contributed by atoms with van der Waals surface area (Å²) in [7, 11) is 1.47. The molecule has 0 aromatic heterocycles. The molecule has 0 aliphatic carbocycles. The van der Waals surface area contributed by atoms with E-state index in [1.54, 1.807) is 4.90 Å². The first-order valence-corrected chi connectivity index (χ1v) is 5.91. The maximum Gasteiger partial charge on any atom is 0.246 e. The zero-order chi connectivity index (χ0) is 12.4. The minimum atomic E-state index is -0.529. The van der Waals surface area contributed by atoms with Crippen molar-refractivity contribution in [1.82, 2.24) is 15.1 Å². The van der Waals surface area contributed by atoms with Gasteiger partial charge in [-0.1, -0.05) is 0 Å². The summed E-state index contributed by atoms with van der Waals surface area (Å²) < 4.78 is 0. The average Bonchev–Trinajstić information content (AvgIpc) is 2.91. The van der Waals surface area contributed by atoms with Crippen molar-refractivity contribution in [3.63, 3.8) is 0 Å². The standard InChI is InChI=1S/C11H17N3O3/c1-13-9(15)6-8(11(13)17)12-7-10(16)14-4-2-3-5-14/h8,12H,2-7H2,1H3. The van der Waals surface area contributed by atoms with Crippen LogP contribution in [0.1, 0.15) is 19.3 Å². The first-order valence-electron chi connectivity index (χ1n) is 5.91. The second kappa shape index (κ2) is 4.83. The Kier molecular flexibility index (Phi) is 3.42. The van der Waals surface area contributed by atoms with Crippen molar-refractivity contribution in [3.05, 3.63) is 0 Å².